The summed E-state index contributed by atoms with van der Waals surface area (Å²) in [6, 6.07) is 5.09. The maximum absolute atomic E-state index is 11.4. The molecule has 0 aliphatic rings. The fourth-order valence-corrected chi connectivity index (χ4v) is 3.26. The molecule has 0 unspecified atom stereocenters. The average molecular weight is 368 g/mol. The summed E-state index contributed by atoms with van der Waals surface area (Å²) < 4.78 is 6.90. The molecule has 0 radical (unpaired) electrons. The minimum Gasteiger partial charge on any atom is -0.477 e. The highest BCUT2D eigenvalue weighted by Crippen LogP contribution is 2.31. The van der Waals surface area contributed by atoms with Crippen molar-refractivity contribution >= 4 is 34.9 Å². The number of carboxylic acid groups (broad SMARTS) is 2. The van der Waals surface area contributed by atoms with Crippen molar-refractivity contribution in [3.05, 3.63) is 45.4 Å². The third kappa shape index (κ3) is 2.91. The summed E-state index contributed by atoms with van der Waals surface area (Å²) in [6.45, 7) is 1.35. The Bertz CT molecular complexity index is 942. The molecular formula is C14H10ClN3O5S. The molecule has 0 aliphatic carbocycles. The van der Waals surface area contributed by atoms with E-state index in [4.69, 9.17) is 16.1 Å². The van der Waals surface area contributed by atoms with Crippen molar-refractivity contribution < 1.29 is 24.3 Å². The van der Waals surface area contributed by atoms with Crippen LogP contribution in [-0.4, -0.2) is 36.9 Å². The summed E-state index contributed by atoms with van der Waals surface area (Å²) >= 11 is 7.18. The molecular weight excluding hydrogens is 358 g/mol. The van der Waals surface area contributed by atoms with Crippen LogP contribution in [0, 0.1) is 6.92 Å². The van der Waals surface area contributed by atoms with Crippen molar-refractivity contribution in [1.82, 2.24) is 14.7 Å². The number of rotatable bonds is 5. The number of aromatic nitrogens is 3. The number of thiophene rings is 1. The van der Waals surface area contributed by atoms with Crippen LogP contribution in [0.15, 0.2) is 22.7 Å². The molecule has 3 heterocycles. The number of hydrogen-bond donors (Lipinski definition) is 2. The van der Waals surface area contributed by atoms with E-state index < -0.39 is 11.9 Å². The van der Waals surface area contributed by atoms with Gasteiger partial charge < -0.3 is 19.3 Å². The zero-order valence-electron chi connectivity index (χ0n) is 12.2. The van der Waals surface area contributed by atoms with E-state index in [-0.39, 0.29) is 23.8 Å². The van der Waals surface area contributed by atoms with Crippen molar-refractivity contribution in [3.8, 4) is 10.6 Å². The SMILES string of the molecule is Cc1nc(C(=O)O)n(Cc2cc(-c3ccc(Cl)s3)on2)c1C(=O)O. The van der Waals surface area contributed by atoms with Crippen molar-refractivity contribution in [3.63, 3.8) is 0 Å². The van der Waals surface area contributed by atoms with Gasteiger partial charge in [0, 0.05) is 6.07 Å². The number of imidazole rings is 1. The Morgan fingerprint density at radius 2 is 2.08 bits per heavy atom. The zero-order valence-corrected chi connectivity index (χ0v) is 13.8. The molecule has 0 amide bonds. The molecule has 0 saturated carbocycles. The van der Waals surface area contributed by atoms with Gasteiger partial charge in [-0.2, -0.15) is 0 Å². The standard InChI is InChI=1S/C14H10ClN3O5S/c1-6-11(13(19)20)18(12(16-6)14(21)22)5-7-4-8(23-17-7)9-2-3-10(15)24-9/h2-4H,5H2,1H3,(H,19,20)(H,21,22). The number of nitrogens with zero attached hydrogens (tertiary/aromatic N) is 3. The Morgan fingerprint density at radius 3 is 2.67 bits per heavy atom. The maximum Gasteiger partial charge on any atom is 0.372 e. The summed E-state index contributed by atoms with van der Waals surface area (Å²) in [5, 5.41) is 22.4. The molecule has 0 atom stereocenters. The summed E-state index contributed by atoms with van der Waals surface area (Å²) in [5.74, 6) is -2.48. The van der Waals surface area contributed by atoms with Gasteiger partial charge in [0.2, 0.25) is 5.82 Å². The third-order valence-electron chi connectivity index (χ3n) is 3.23. The molecule has 0 saturated heterocycles. The highest BCUT2D eigenvalue weighted by atomic mass is 35.5. The van der Waals surface area contributed by atoms with Crippen LogP contribution in [0.5, 0.6) is 0 Å². The summed E-state index contributed by atoms with van der Waals surface area (Å²) in [5.41, 5.74) is 0.293. The number of halogens is 1. The normalized spacial score (nSPS) is 10.9. The van der Waals surface area contributed by atoms with E-state index in [1.165, 1.54) is 18.3 Å². The predicted octanol–water partition coefficient (Wildman–Crippen LogP) is 3.01. The molecule has 10 heteroatoms. The first-order valence-corrected chi connectivity index (χ1v) is 7.81. The van der Waals surface area contributed by atoms with E-state index in [0.29, 0.717) is 15.8 Å². The lowest BCUT2D eigenvalue weighted by Gasteiger charge is -2.05. The molecule has 124 valence electrons. The second-order valence-electron chi connectivity index (χ2n) is 4.85. The van der Waals surface area contributed by atoms with Gasteiger partial charge in [-0.1, -0.05) is 16.8 Å². The quantitative estimate of drug-likeness (QED) is 0.711. The Balaban J connectivity index is 1.98. The maximum atomic E-state index is 11.4. The first-order valence-electron chi connectivity index (χ1n) is 6.62. The Hall–Kier alpha value is -2.65. The highest BCUT2D eigenvalue weighted by molar-refractivity contribution is 7.19. The van der Waals surface area contributed by atoms with Gasteiger partial charge in [-0.25, -0.2) is 14.6 Å². The lowest BCUT2D eigenvalue weighted by atomic mass is 10.3. The van der Waals surface area contributed by atoms with Crippen molar-refractivity contribution in [1.29, 1.82) is 0 Å². The number of carbonyl (C=O) groups is 2. The lowest BCUT2D eigenvalue weighted by Crippen LogP contribution is -2.16. The fraction of sp³-hybridized carbons (Fsp3) is 0.143. The first kappa shape index (κ1) is 16.2. The van der Waals surface area contributed by atoms with Crippen LogP contribution in [0.25, 0.3) is 10.6 Å². The van der Waals surface area contributed by atoms with Gasteiger partial charge in [0.05, 0.1) is 21.5 Å². The molecule has 0 bridgehead atoms. The predicted molar refractivity (Wildman–Crippen MR) is 84.8 cm³/mol. The van der Waals surface area contributed by atoms with E-state index in [1.807, 2.05) is 0 Å². The van der Waals surface area contributed by atoms with Crippen LogP contribution in [-0.2, 0) is 6.54 Å². The largest absolute Gasteiger partial charge is 0.477 e. The van der Waals surface area contributed by atoms with Crippen LogP contribution in [0.1, 0.15) is 32.5 Å². The van der Waals surface area contributed by atoms with Gasteiger partial charge in [-0.05, 0) is 19.1 Å². The van der Waals surface area contributed by atoms with Crippen molar-refractivity contribution in [2.45, 2.75) is 13.5 Å². The van der Waals surface area contributed by atoms with Crippen molar-refractivity contribution in [2.24, 2.45) is 0 Å². The first-order chi connectivity index (χ1) is 11.4. The van der Waals surface area contributed by atoms with Gasteiger partial charge in [0.15, 0.2) is 11.5 Å². The topological polar surface area (TPSA) is 118 Å². The third-order valence-corrected chi connectivity index (χ3v) is 4.48. The van der Waals surface area contributed by atoms with E-state index in [0.717, 1.165) is 9.44 Å². The highest BCUT2D eigenvalue weighted by Gasteiger charge is 2.25. The van der Waals surface area contributed by atoms with Crippen LogP contribution in [0.2, 0.25) is 4.34 Å². The average Bonchev–Trinajstić information content (AvgIpc) is 3.18. The van der Waals surface area contributed by atoms with E-state index in [2.05, 4.69) is 10.1 Å². The van der Waals surface area contributed by atoms with Crippen LogP contribution >= 0.6 is 22.9 Å². The molecule has 0 spiro atoms. The van der Waals surface area contributed by atoms with E-state index in [9.17, 15) is 19.8 Å². The van der Waals surface area contributed by atoms with Gasteiger partial charge >= 0.3 is 11.9 Å². The molecule has 3 aromatic rings. The van der Waals surface area contributed by atoms with Gasteiger partial charge in [-0.3, -0.25) is 0 Å². The molecule has 0 fully saturated rings. The number of hydrogen-bond acceptors (Lipinski definition) is 6. The molecule has 0 aromatic carbocycles. The summed E-state index contributed by atoms with van der Waals surface area (Å²) in [6.07, 6.45) is 0. The second-order valence-corrected chi connectivity index (χ2v) is 6.57. The molecule has 0 aliphatic heterocycles. The van der Waals surface area contributed by atoms with Gasteiger partial charge in [0.25, 0.3) is 0 Å². The van der Waals surface area contributed by atoms with Crippen LogP contribution in [0.3, 0.4) is 0 Å². The Morgan fingerprint density at radius 1 is 1.33 bits per heavy atom. The van der Waals surface area contributed by atoms with E-state index >= 15 is 0 Å². The Kier molecular flexibility index (Phi) is 4.12. The Labute approximate surface area is 143 Å². The van der Waals surface area contributed by atoms with Crippen molar-refractivity contribution in [2.75, 3.05) is 0 Å². The monoisotopic (exact) mass is 367 g/mol. The molecule has 2 N–H and O–H groups in total. The number of carboxylic acids is 2. The number of aryl methyl sites for hydroxylation is 1. The van der Waals surface area contributed by atoms with Crippen LogP contribution < -0.4 is 0 Å². The second kappa shape index (κ2) is 6.10. The molecule has 8 nitrogen and oxygen atoms in total. The fourth-order valence-electron chi connectivity index (χ4n) is 2.27. The lowest BCUT2D eigenvalue weighted by molar-refractivity contribution is 0.0674. The number of aromatic carboxylic acids is 2. The minimum absolute atomic E-state index is 0.0906. The van der Waals surface area contributed by atoms with Crippen LogP contribution in [0.4, 0.5) is 0 Å². The minimum atomic E-state index is -1.32. The van der Waals surface area contributed by atoms with Gasteiger partial charge in [-0.15, -0.1) is 11.3 Å². The summed E-state index contributed by atoms with van der Waals surface area (Å²) in [4.78, 5) is 27.3. The zero-order chi connectivity index (χ0) is 17.4. The smallest absolute Gasteiger partial charge is 0.372 e. The molecule has 3 aromatic heterocycles. The van der Waals surface area contributed by atoms with Gasteiger partial charge in [0.1, 0.15) is 5.69 Å². The van der Waals surface area contributed by atoms with E-state index in [1.54, 1.807) is 18.2 Å². The molecule has 3 rings (SSSR count). The molecule has 24 heavy (non-hydrogen) atoms. The summed E-state index contributed by atoms with van der Waals surface area (Å²) in [7, 11) is 0.